The van der Waals surface area contributed by atoms with Crippen molar-refractivity contribution in [3.05, 3.63) is 72.8 Å². The van der Waals surface area contributed by atoms with Crippen LogP contribution in [0.3, 0.4) is 0 Å². The molecule has 0 amide bonds. The summed E-state index contributed by atoms with van der Waals surface area (Å²) in [5.74, 6) is 1.57. The molecule has 0 aliphatic heterocycles. The normalized spacial score (nSPS) is 11.8. The Bertz CT molecular complexity index is 811. The highest BCUT2D eigenvalue weighted by molar-refractivity contribution is 7.68. The fourth-order valence-corrected chi connectivity index (χ4v) is 4.64. The Balaban J connectivity index is 2.21. The lowest BCUT2D eigenvalue weighted by Gasteiger charge is -2.21. The zero-order valence-electron chi connectivity index (χ0n) is 14.6. The van der Waals surface area contributed by atoms with Gasteiger partial charge in [-0.25, -0.2) is 0 Å². The van der Waals surface area contributed by atoms with E-state index in [1.54, 1.807) is 21.3 Å². The van der Waals surface area contributed by atoms with Crippen molar-refractivity contribution < 1.29 is 14.0 Å². The average Bonchev–Trinajstić information content (AvgIpc) is 2.69. The van der Waals surface area contributed by atoms with Gasteiger partial charge < -0.3 is 14.0 Å². The van der Waals surface area contributed by atoms with Crippen molar-refractivity contribution in [1.29, 1.82) is 0 Å². The number of hydrogen-bond acceptors (Lipinski definition) is 3. The summed E-state index contributed by atoms with van der Waals surface area (Å²) in [4.78, 5) is 0. The summed E-state index contributed by atoms with van der Waals surface area (Å²) < 4.78 is 17.1. The van der Waals surface area contributed by atoms with E-state index in [4.69, 9.17) is 14.0 Å². The minimum atomic E-state index is -0.939. The molecule has 4 heteroatoms. The van der Waals surface area contributed by atoms with Crippen LogP contribution in [-0.4, -0.2) is 21.3 Å². The van der Waals surface area contributed by atoms with E-state index >= 15 is 0 Å². The molecule has 3 aromatic carbocycles. The molecule has 0 aliphatic rings. The third-order valence-corrected chi connectivity index (χ3v) is 5.95. The summed E-state index contributed by atoms with van der Waals surface area (Å²) in [5.41, 5.74) is 2.01. The van der Waals surface area contributed by atoms with Crippen LogP contribution in [0.5, 0.6) is 11.5 Å². The molecule has 0 radical (unpaired) electrons. The molecule has 3 rings (SSSR count). The lowest BCUT2D eigenvalue weighted by Crippen LogP contribution is -2.15. The summed E-state index contributed by atoms with van der Waals surface area (Å²) >= 11 is 0. The third-order valence-electron chi connectivity index (χ3n) is 3.99. The van der Waals surface area contributed by atoms with Gasteiger partial charge in [-0.15, -0.1) is 0 Å². The first kappa shape index (κ1) is 17.5. The van der Waals surface area contributed by atoms with Gasteiger partial charge in [0.05, 0.1) is 27.9 Å². The van der Waals surface area contributed by atoms with Gasteiger partial charge in [-0.3, -0.25) is 0 Å². The van der Waals surface area contributed by atoms with E-state index in [-0.39, 0.29) is 0 Å². The first-order chi connectivity index (χ1) is 12.3. The lowest BCUT2D eigenvalue weighted by molar-refractivity contribution is 0.397. The van der Waals surface area contributed by atoms with E-state index in [1.165, 1.54) is 5.30 Å². The van der Waals surface area contributed by atoms with Gasteiger partial charge in [0, 0.05) is 17.7 Å². The Labute approximate surface area is 150 Å². The van der Waals surface area contributed by atoms with Gasteiger partial charge >= 0.3 is 0 Å². The zero-order valence-corrected chi connectivity index (χ0v) is 15.5. The Morgan fingerprint density at radius 2 is 1.24 bits per heavy atom. The average molecular weight is 352 g/mol. The van der Waals surface area contributed by atoms with Crippen molar-refractivity contribution in [3.8, 4) is 22.6 Å². The first-order valence-electron chi connectivity index (χ1n) is 7.99. The summed E-state index contributed by atoms with van der Waals surface area (Å²) in [6.45, 7) is 0. The molecule has 3 nitrogen and oxygen atoms in total. The van der Waals surface area contributed by atoms with Crippen molar-refractivity contribution in [3.63, 3.8) is 0 Å². The molecule has 0 fully saturated rings. The van der Waals surface area contributed by atoms with E-state index in [0.29, 0.717) is 0 Å². The maximum absolute atomic E-state index is 5.91. The van der Waals surface area contributed by atoms with Gasteiger partial charge in [-0.05, 0) is 17.7 Å². The van der Waals surface area contributed by atoms with Crippen molar-refractivity contribution in [2.24, 2.45) is 0 Å². The molecule has 0 spiro atoms. The molecule has 1 unspecified atom stereocenters. The molecule has 3 aromatic rings. The van der Waals surface area contributed by atoms with E-state index in [2.05, 4.69) is 24.3 Å². The van der Waals surface area contributed by atoms with Crippen LogP contribution in [0, 0.1) is 0 Å². The number of rotatable bonds is 6. The first-order valence-corrected chi connectivity index (χ1v) is 9.25. The van der Waals surface area contributed by atoms with Gasteiger partial charge in [-0.1, -0.05) is 60.7 Å². The summed E-state index contributed by atoms with van der Waals surface area (Å²) in [5, 5.41) is 2.30. The summed E-state index contributed by atoms with van der Waals surface area (Å²) in [7, 11) is 4.18. The van der Waals surface area contributed by atoms with Crippen LogP contribution in [0.4, 0.5) is 0 Å². The number of benzene rings is 3. The Morgan fingerprint density at radius 1 is 0.640 bits per heavy atom. The maximum atomic E-state index is 5.91. The number of ether oxygens (including phenoxy) is 2. The quantitative estimate of drug-likeness (QED) is 0.617. The van der Waals surface area contributed by atoms with E-state index in [9.17, 15) is 0 Å². The maximum Gasteiger partial charge on any atom is 0.130 e. The van der Waals surface area contributed by atoms with Crippen LogP contribution in [0.15, 0.2) is 72.8 Å². The molecule has 0 saturated heterocycles. The third kappa shape index (κ3) is 3.53. The van der Waals surface area contributed by atoms with Gasteiger partial charge in [-0.2, -0.15) is 0 Å². The fourth-order valence-electron chi connectivity index (χ4n) is 2.89. The predicted molar refractivity (Wildman–Crippen MR) is 105 cm³/mol. The molecule has 0 aromatic heterocycles. The summed E-state index contributed by atoms with van der Waals surface area (Å²) in [6, 6.07) is 24.4. The van der Waals surface area contributed by atoms with Gasteiger partial charge in [0.25, 0.3) is 0 Å². The SMILES string of the molecule is COc1cccc(OC)c1-c1ccccc1P(OC)c1ccccc1. The second-order valence-corrected chi connectivity index (χ2v) is 7.32. The fraction of sp³-hybridized carbons (Fsp3) is 0.143. The summed E-state index contributed by atoms with van der Waals surface area (Å²) in [6.07, 6.45) is 0. The number of hydrogen-bond donors (Lipinski definition) is 0. The highest BCUT2D eigenvalue weighted by Crippen LogP contribution is 2.43. The standard InChI is InChI=1S/C21H21O3P/c1-22-18-13-9-14-19(23-2)21(18)17-12-7-8-15-20(17)25(24-3)16-10-5-4-6-11-16/h4-15H,1-3H3. The van der Waals surface area contributed by atoms with Gasteiger partial charge in [0.1, 0.15) is 11.5 Å². The molecule has 1 atom stereocenters. The van der Waals surface area contributed by atoms with E-state index in [0.717, 1.165) is 27.9 Å². The van der Waals surface area contributed by atoms with Crippen LogP contribution in [0.25, 0.3) is 11.1 Å². The molecule has 25 heavy (non-hydrogen) atoms. The Kier molecular flexibility index (Phi) is 5.70. The minimum Gasteiger partial charge on any atom is -0.496 e. The van der Waals surface area contributed by atoms with Crippen LogP contribution in [0.1, 0.15) is 0 Å². The van der Waals surface area contributed by atoms with E-state index in [1.807, 2.05) is 48.5 Å². The van der Waals surface area contributed by atoms with Crippen molar-refractivity contribution >= 4 is 18.8 Å². The molecular weight excluding hydrogens is 331 g/mol. The second kappa shape index (κ2) is 8.15. The molecule has 0 saturated carbocycles. The zero-order chi connectivity index (χ0) is 17.6. The highest BCUT2D eigenvalue weighted by Gasteiger charge is 2.22. The topological polar surface area (TPSA) is 27.7 Å². The van der Waals surface area contributed by atoms with Gasteiger partial charge in [0.15, 0.2) is 0 Å². The molecule has 0 bridgehead atoms. The van der Waals surface area contributed by atoms with Crippen LogP contribution >= 0.6 is 8.15 Å². The predicted octanol–water partition coefficient (Wildman–Crippen LogP) is 4.36. The van der Waals surface area contributed by atoms with Gasteiger partial charge in [0.2, 0.25) is 0 Å². The van der Waals surface area contributed by atoms with Crippen LogP contribution in [-0.2, 0) is 4.52 Å². The minimum absolute atomic E-state index is 0.783. The highest BCUT2D eigenvalue weighted by atomic mass is 31.1. The number of methoxy groups -OCH3 is 2. The monoisotopic (exact) mass is 352 g/mol. The van der Waals surface area contributed by atoms with Crippen molar-refractivity contribution in [2.45, 2.75) is 0 Å². The smallest absolute Gasteiger partial charge is 0.130 e. The molecule has 0 heterocycles. The molecule has 128 valence electrons. The lowest BCUT2D eigenvalue weighted by atomic mass is 10.0. The Morgan fingerprint density at radius 3 is 1.84 bits per heavy atom. The molecule has 0 aliphatic carbocycles. The second-order valence-electron chi connectivity index (χ2n) is 5.37. The van der Waals surface area contributed by atoms with E-state index < -0.39 is 8.15 Å². The largest absolute Gasteiger partial charge is 0.496 e. The Hall–Kier alpha value is -2.35. The molecular formula is C21H21O3P. The van der Waals surface area contributed by atoms with Crippen molar-refractivity contribution in [2.75, 3.05) is 21.3 Å². The van der Waals surface area contributed by atoms with Crippen LogP contribution < -0.4 is 20.1 Å². The van der Waals surface area contributed by atoms with Crippen molar-refractivity contribution in [1.82, 2.24) is 0 Å². The molecule has 0 N–H and O–H groups in total. The van der Waals surface area contributed by atoms with Crippen LogP contribution in [0.2, 0.25) is 0 Å².